The molecule has 0 spiro atoms. The first-order valence-electron chi connectivity index (χ1n) is 11.1. The molecule has 10 heteroatoms. The van der Waals surface area contributed by atoms with Gasteiger partial charge >= 0.3 is 0 Å². The van der Waals surface area contributed by atoms with Crippen LogP contribution < -0.4 is 22.1 Å². The third kappa shape index (κ3) is 5.49. The number of primary amides is 1. The summed E-state index contributed by atoms with van der Waals surface area (Å²) < 4.78 is 0. The number of nitrogens with one attached hydrogen (secondary N) is 3. The number of rotatable bonds is 10. The highest BCUT2D eigenvalue weighted by Crippen LogP contribution is 2.31. The van der Waals surface area contributed by atoms with Gasteiger partial charge in [-0.05, 0) is 48.7 Å². The Balaban J connectivity index is 1.57. The summed E-state index contributed by atoms with van der Waals surface area (Å²) in [4.78, 5) is 44.2. The second kappa shape index (κ2) is 10.1. The Bertz CT molecular complexity index is 1350. The van der Waals surface area contributed by atoms with Crippen LogP contribution >= 0.6 is 0 Å². The van der Waals surface area contributed by atoms with Gasteiger partial charge < -0.3 is 32.3 Å². The number of nitrogens with zero attached hydrogens (tertiary/aromatic N) is 2. The van der Waals surface area contributed by atoms with Gasteiger partial charge in [0.25, 0.3) is 11.8 Å². The minimum Gasteiger partial charge on any atom is -0.394 e. The summed E-state index contributed by atoms with van der Waals surface area (Å²) in [6, 6.07) is 11.6. The molecule has 1 aliphatic rings. The van der Waals surface area contributed by atoms with Crippen molar-refractivity contribution in [2.45, 2.75) is 25.3 Å². The lowest BCUT2D eigenvalue weighted by molar-refractivity contribution is -0.113. The van der Waals surface area contributed by atoms with E-state index in [0.29, 0.717) is 28.1 Å². The van der Waals surface area contributed by atoms with Gasteiger partial charge in [-0.3, -0.25) is 9.59 Å². The monoisotopic (exact) mass is 471 g/mol. The molecular weight excluding hydrogens is 446 g/mol. The number of anilines is 2. The molecule has 0 saturated heterocycles. The molecule has 178 valence electrons. The molecule has 1 saturated carbocycles. The molecule has 3 aromatic rings. The van der Waals surface area contributed by atoms with Crippen molar-refractivity contribution in [3.8, 4) is 0 Å². The molecule has 0 radical (unpaired) electrons. The van der Waals surface area contributed by atoms with Gasteiger partial charge in [0, 0.05) is 29.1 Å². The first-order chi connectivity index (χ1) is 16.9. The molecule has 10 nitrogen and oxygen atoms in total. The summed E-state index contributed by atoms with van der Waals surface area (Å²) >= 11 is 0. The Kier molecular flexibility index (Phi) is 6.81. The van der Waals surface area contributed by atoms with Crippen molar-refractivity contribution in [3.63, 3.8) is 0 Å². The molecule has 0 aliphatic heterocycles. The van der Waals surface area contributed by atoms with Crippen LogP contribution in [-0.2, 0) is 9.59 Å². The predicted molar refractivity (Wildman–Crippen MR) is 133 cm³/mol. The molecule has 35 heavy (non-hydrogen) atoms. The van der Waals surface area contributed by atoms with Gasteiger partial charge in [0.1, 0.15) is 18.4 Å². The van der Waals surface area contributed by atoms with E-state index in [1.165, 1.54) is 12.4 Å². The highest BCUT2D eigenvalue weighted by Gasteiger charge is 2.25. The number of allylic oxidation sites excluding steroid dienone is 1. The summed E-state index contributed by atoms with van der Waals surface area (Å²) in [5.41, 5.74) is 13.5. The van der Waals surface area contributed by atoms with Crippen molar-refractivity contribution in [3.05, 3.63) is 71.7 Å². The summed E-state index contributed by atoms with van der Waals surface area (Å²) in [7, 11) is 0. The third-order valence-corrected chi connectivity index (χ3v) is 5.71. The second-order valence-corrected chi connectivity index (χ2v) is 8.30. The number of carbonyl (C=O) groups is 3. The van der Waals surface area contributed by atoms with Gasteiger partial charge in [-0.25, -0.2) is 9.97 Å². The van der Waals surface area contributed by atoms with Crippen molar-refractivity contribution in [1.29, 1.82) is 5.41 Å². The SMILES string of the molecule is N=C(/C=C(\N)C(=O)Nc1cccc(C(CC=O)Nc2ncnc3c(C(N)=O)cccc23)c1)C1CC1. The Morgan fingerprint density at radius 2 is 1.91 bits per heavy atom. The minimum absolute atomic E-state index is 0.0346. The van der Waals surface area contributed by atoms with E-state index in [9.17, 15) is 14.4 Å². The first kappa shape index (κ1) is 23.6. The number of nitrogens with two attached hydrogens (primary N) is 2. The molecular formula is C25H25N7O3. The van der Waals surface area contributed by atoms with Gasteiger partial charge in [0.15, 0.2) is 0 Å². The van der Waals surface area contributed by atoms with Crippen LogP contribution in [0.15, 0.2) is 60.6 Å². The number of hydrogen-bond acceptors (Lipinski definition) is 8. The highest BCUT2D eigenvalue weighted by molar-refractivity contribution is 6.09. The standard InChI is InChI=1S/C25H25N7O3/c26-19(14-7-8-14)12-20(27)25(35)31-16-4-1-3-15(11-16)21(9-10-33)32-24-18-6-2-5-17(23(28)34)22(18)29-13-30-24/h1-6,10-14,21,26H,7-9,27H2,(H2,28,34)(H,31,35)(H,29,30,32)/b20-12-,26-19?. The van der Waals surface area contributed by atoms with Crippen LogP contribution in [0.5, 0.6) is 0 Å². The normalized spacial score (nSPS) is 14.2. The molecule has 1 aromatic heterocycles. The molecule has 1 aliphatic carbocycles. The van der Waals surface area contributed by atoms with E-state index in [1.54, 1.807) is 36.4 Å². The van der Waals surface area contributed by atoms with Crippen LogP contribution in [-0.4, -0.2) is 33.8 Å². The zero-order valence-corrected chi connectivity index (χ0v) is 18.8. The molecule has 1 atom stereocenters. The number of benzene rings is 2. The third-order valence-electron chi connectivity index (χ3n) is 5.71. The number of amides is 2. The Morgan fingerprint density at radius 1 is 1.14 bits per heavy atom. The van der Waals surface area contributed by atoms with Crippen LogP contribution in [0, 0.1) is 11.3 Å². The molecule has 0 bridgehead atoms. The highest BCUT2D eigenvalue weighted by atomic mass is 16.2. The number of hydrogen-bond donors (Lipinski definition) is 5. The first-order valence-corrected chi connectivity index (χ1v) is 11.1. The maximum atomic E-state index is 12.5. The smallest absolute Gasteiger partial charge is 0.271 e. The van der Waals surface area contributed by atoms with E-state index >= 15 is 0 Å². The summed E-state index contributed by atoms with van der Waals surface area (Å²) in [5, 5.41) is 14.5. The Morgan fingerprint density at radius 3 is 2.63 bits per heavy atom. The zero-order chi connectivity index (χ0) is 24.9. The largest absolute Gasteiger partial charge is 0.394 e. The lowest BCUT2D eigenvalue weighted by atomic mass is 10.0. The van der Waals surface area contributed by atoms with Gasteiger partial charge in [-0.2, -0.15) is 0 Å². The number of para-hydroxylation sites is 1. The van der Waals surface area contributed by atoms with E-state index in [0.717, 1.165) is 24.7 Å². The van der Waals surface area contributed by atoms with Crippen molar-refractivity contribution >= 4 is 46.2 Å². The maximum Gasteiger partial charge on any atom is 0.271 e. The van der Waals surface area contributed by atoms with Gasteiger partial charge in [-0.15, -0.1) is 0 Å². The Hall–Kier alpha value is -4.60. The fourth-order valence-electron chi connectivity index (χ4n) is 3.72. The molecule has 2 aromatic carbocycles. The van der Waals surface area contributed by atoms with Gasteiger partial charge in [-0.1, -0.05) is 18.2 Å². The summed E-state index contributed by atoms with van der Waals surface area (Å²) in [6.45, 7) is 0. The second-order valence-electron chi connectivity index (χ2n) is 8.30. The molecule has 7 N–H and O–H groups in total. The van der Waals surface area contributed by atoms with Crippen LogP contribution in [0.1, 0.15) is 41.2 Å². The van der Waals surface area contributed by atoms with E-state index in [-0.39, 0.29) is 23.6 Å². The van der Waals surface area contributed by atoms with Crippen LogP contribution in [0.4, 0.5) is 11.5 Å². The molecule has 4 rings (SSSR count). The lowest BCUT2D eigenvalue weighted by Crippen LogP contribution is -2.21. The van der Waals surface area contributed by atoms with Crippen LogP contribution in [0.3, 0.4) is 0 Å². The lowest BCUT2D eigenvalue weighted by Gasteiger charge is -2.19. The van der Waals surface area contributed by atoms with Crippen molar-refractivity contribution in [2.24, 2.45) is 17.4 Å². The number of fused-ring (bicyclic) bond motifs is 1. The van der Waals surface area contributed by atoms with E-state index in [1.807, 2.05) is 6.07 Å². The van der Waals surface area contributed by atoms with Crippen LogP contribution in [0.25, 0.3) is 10.9 Å². The van der Waals surface area contributed by atoms with Crippen molar-refractivity contribution in [2.75, 3.05) is 10.6 Å². The van der Waals surface area contributed by atoms with Gasteiger partial charge in [0.2, 0.25) is 0 Å². The summed E-state index contributed by atoms with van der Waals surface area (Å²) in [5.74, 6) is -0.483. The van der Waals surface area contributed by atoms with Gasteiger partial charge in [0.05, 0.1) is 22.8 Å². The molecule has 1 unspecified atom stereocenters. The Labute approximate surface area is 201 Å². The van der Waals surface area contributed by atoms with E-state index < -0.39 is 17.9 Å². The fraction of sp³-hybridized carbons (Fsp3) is 0.200. The number of aromatic nitrogens is 2. The number of carbonyl (C=O) groups excluding carboxylic acids is 3. The average molecular weight is 472 g/mol. The average Bonchev–Trinajstić information content (AvgIpc) is 3.69. The van der Waals surface area contributed by atoms with E-state index in [4.69, 9.17) is 16.9 Å². The molecule has 1 fully saturated rings. The fourth-order valence-corrected chi connectivity index (χ4v) is 3.72. The topological polar surface area (TPSA) is 177 Å². The zero-order valence-electron chi connectivity index (χ0n) is 18.8. The maximum absolute atomic E-state index is 12.5. The number of aldehydes is 1. The van der Waals surface area contributed by atoms with Crippen LogP contribution in [0.2, 0.25) is 0 Å². The molecule has 2 amide bonds. The van der Waals surface area contributed by atoms with Crippen molar-refractivity contribution in [1.82, 2.24) is 9.97 Å². The van der Waals surface area contributed by atoms with Crippen molar-refractivity contribution < 1.29 is 14.4 Å². The van der Waals surface area contributed by atoms with E-state index in [2.05, 4.69) is 20.6 Å². The minimum atomic E-state index is -0.603. The summed E-state index contributed by atoms with van der Waals surface area (Å²) in [6.07, 6.45) is 5.52. The quantitative estimate of drug-likeness (QED) is 0.171. The molecule has 1 heterocycles. The predicted octanol–water partition coefficient (Wildman–Crippen LogP) is 2.68.